The monoisotopic (exact) mass is 340 g/mol. The second-order valence-electron chi connectivity index (χ2n) is 5.71. The quantitative estimate of drug-likeness (QED) is 0.903. The van der Waals surface area contributed by atoms with Gasteiger partial charge in [0.1, 0.15) is 0 Å². The molecule has 3 rings (SSSR count). The second-order valence-corrected chi connectivity index (χ2v) is 7.42. The lowest BCUT2D eigenvalue weighted by Crippen LogP contribution is -2.46. The molecule has 2 unspecified atom stereocenters. The van der Waals surface area contributed by atoms with E-state index >= 15 is 0 Å². The summed E-state index contributed by atoms with van der Waals surface area (Å²) in [6, 6.07) is 13.4. The molecule has 1 saturated heterocycles. The summed E-state index contributed by atoms with van der Waals surface area (Å²) in [5.41, 5.74) is 0. The molecule has 0 radical (unpaired) electrons. The standard InChI is InChI=1S/C16H20N2O2S.ClH/c1-12-10-15(8-9-17-12)18-21(19,20)16-7-6-13-4-2-3-5-14(13)11-16;/h2-7,11-12,15,17-18H,8-10H2,1H3;1H. The van der Waals surface area contributed by atoms with Gasteiger partial charge in [0.05, 0.1) is 4.90 Å². The van der Waals surface area contributed by atoms with Crippen molar-refractivity contribution in [1.82, 2.24) is 10.0 Å². The first kappa shape index (κ1) is 17.2. The number of benzene rings is 2. The topological polar surface area (TPSA) is 58.2 Å². The van der Waals surface area contributed by atoms with Gasteiger partial charge in [-0.1, -0.05) is 30.3 Å². The molecule has 2 atom stereocenters. The van der Waals surface area contributed by atoms with E-state index in [2.05, 4.69) is 17.0 Å². The maximum Gasteiger partial charge on any atom is 0.240 e. The van der Waals surface area contributed by atoms with E-state index in [0.717, 1.165) is 30.2 Å². The van der Waals surface area contributed by atoms with Crippen LogP contribution in [-0.4, -0.2) is 27.0 Å². The van der Waals surface area contributed by atoms with Crippen LogP contribution in [0, 0.1) is 0 Å². The molecule has 1 aliphatic rings. The molecular formula is C16H21ClN2O2S. The molecule has 120 valence electrons. The minimum Gasteiger partial charge on any atom is -0.314 e. The summed E-state index contributed by atoms with van der Waals surface area (Å²) in [5.74, 6) is 0. The van der Waals surface area contributed by atoms with E-state index in [4.69, 9.17) is 0 Å². The second kappa shape index (κ2) is 6.96. The SMILES string of the molecule is CC1CC(NS(=O)(=O)c2ccc3ccccc3c2)CCN1.Cl. The number of nitrogens with one attached hydrogen (secondary N) is 2. The van der Waals surface area contributed by atoms with E-state index in [1.807, 2.05) is 30.3 Å². The number of hydrogen-bond acceptors (Lipinski definition) is 3. The summed E-state index contributed by atoms with van der Waals surface area (Å²) in [4.78, 5) is 0.340. The first-order valence-corrected chi connectivity index (χ1v) is 8.77. The zero-order chi connectivity index (χ0) is 14.9. The highest BCUT2D eigenvalue weighted by molar-refractivity contribution is 7.89. The van der Waals surface area contributed by atoms with Crippen LogP contribution in [0.3, 0.4) is 0 Å². The lowest BCUT2D eigenvalue weighted by Gasteiger charge is -2.28. The Kier molecular flexibility index (Phi) is 5.45. The van der Waals surface area contributed by atoms with Gasteiger partial charge in [0.25, 0.3) is 0 Å². The molecule has 0 spiro atoms. The highest BCUT2D eigenvalue weighted by atomic mass is 35.5. The normalized spacial score (nSPS) is 22.2. The Balaban J connectivity index is 0.00000176. The summed E-state index contributed by atoms with van der Waals surface area (Å²) in [5, 5.41) is 5.32. The molecule has 0 bridgehead atoms. The van der Waals surface area contributed by atoms with Crippen LogP contribution >= 0.6 is 12.4 Å². The zero-order valence-corrected chi connectivity index (χ0v) is 14.1. The van der Waals surface area contributed by atoms with Crippen LogP contribution in [0.25, 0.3) is 10.8 Å². The van der Waals surface area contributed by atoms with Crippen molar-refractivity contribution in [2.75, 3.05) is 6.54 Å². The molecule has 4 nitrogen and oxygen atoms in total. The zero-order valence-electron chi connectivity index (χ0n) is 12.5. The fourth-order valence-electron chi connectivity index (χ4n) is 2.86. The Morgan fingerprint density at radius 3 is 2.59 bits per heavy atom. The summed E-state index contributed by atoms with van der Waals surface area (Å²) in [6.45, 7) is 2.93. The van der Waals surface area contributed by atoms with Crippen molar-refractivity contribution in [3.63, 3.8) is 0 Å². The van der Waals surface area contributed by atoms with Gasteiger partial charge in [0.15, 0.2) is 0 Å². The summed E-state index contributed by atoms with van der Waals surface area (Å²) >= 11 is 0. The Labute approximate surface area is 137 Å². The fraction of sp³-hybridized carbons (Fsp3) is 0.375. The molecule has 2 aromatic rings. The number of sulfonamides is 1. The van der Waals surface area contributed by atoms with E-state index in [1.165, 1.54) is 0 Å². The van der Waals surface area contributed by atoms with Crippen molar-refractivity contribution in [3.8, 4) is 0 Å². The van der Waals surface area contributed by atoms with Crippen LogP contribution in [0.5, 0.6) is 0 Å². The van der Waals surface area contributed by atoms with Gasteiger partial charge in [-0.15, -0.1) is 12.4 Å². The van der Waals surface area contributed by atoms with Crippen LogP contribution in [0.2, 0.25) is 0 Å². The molecule has 0 amide bonds. The summed E-state index contributed by atoms with van der Waals surface area (Å²) in [6.07, 6.45) is 1.66. The van der Waals surface area contributed by atoms with Crippen molar-refractivity contribution in [1.29, 1.82) is 0 Å². The third-order valence-electron chi connectivity index (χ3n) is 3.98. The maximum atomic E-state index is 12.5. The predicted octanol–water partition coefficient (Wildman–Crippen LogP) is 2.68. The molecule has 1 fully saturated rings. The van der Waals surface area contributed by atoms with Crippen molar-refractivity contribution in [2.45, 2.75) is 36.7 Å². The fourth-order valence-corrected chi connectivity index (χ4v) is 4.18. The number of hydrogen-bond donors (Lipinski definition) is 2. The number of fused-ring (bicyclic) bond motifs is 1. The Morgan fingerprint density at radius 1 is 1.14 bits per heavy atom. The van der Waals surface area contributed by atoms with Crippen LogP contribution in [-0.2, 0) is 10.0 Å². The first-order chi connectivity index (χ1) is 10.0. The van der Waals surface area contributed by atoms with Gasteiger partial charge in [0, 0.05) is 12.1 Å². The predicted molar refractivity (Wildman–Crippen MR) is 92.0 cm³/mol. The van der Waals surface area contributed by atoms with Gasteiger partial charge in [-0.2, -0.15) is 0 Å². The highest BCUT2D eigenvalue weighted by Gasteiger charge is 2.24. The van der Waals surface area contributed by atoms with Crippen LogP contribution in [0.1, 0.15) is 19.8 Å². The molecule has 1 heterocycles. The van der Waals surface area contributed by atoms with E-state index in [-0.39, 0.29) is 18.4 Å². The van der Waals surface area contributed by atoms with Gasteiger partial charge >= 0.3 is 0 Å². The highest BCUT2D eigenvalue weighted by Crippen LogP contribution is 2.20. The van der Waals surface area contributed by atoms with Crippen LogP contribution in [0.15, 0.2) is 47.4 Å². The molecule has 1 aliphatic heterocycles. The molecule has 0 aliphatic carbocycles. The lowest BCUT2D eigenvalue weighted by molar-refractivity contribution is 0.361. The van der Waals surface area contributed by atoms with E-state index in [9.17, 15) is 8.42 Å². The van der Waals surface area contributed by atoms with Gasteiger partial charge in [0.2, 0.25) is 10.0 Å². The lowest BCUT2D eigenvalue weighted by atomic mass is 10.0. The average Bonchev–Trinajstić information content (AvgIpc) is 2.46. The largest absolute Gasteiger partial charge is 0.314 e. The van der Waals surface area contributed by atoms with Crippen LogP contribution < -0.4 is 10.0 Å². The van der Waals surface area contributed by atoms with Crippen molar-refractivity contribution in [2.24, 2.45) is 0 Å². The van der Waals surface area contributed by atoms with Gasteiger partial charge in [-0.05, 0) is 49.2 Å². The van der Waals surface area contributed by atoms with Crippen molar-refractivity contribution in [3.05, 3.63) is 42.5 Å². The number of piperidine rings is 1. The van der Waals surface area contributed by atoms with Gasteiger partial charge < -0.3 is 5.32 Å². The third-order valence-corrected chi connectivity index (χ3v) is 5.49. The minimum absolute atomic E-state index is 0. The maximum absolute atomic E-state index is 12.5. The first-order valence-electron chi connectivity index (χ1n) is 7.29. The smallest absolute Gasteiger partial charge is 0.240 e. The minimum atomic E-state index is -3.45. The van der Waals surface area contributed by atoms with E-state index in [0.29, 0.717) is 10.9 Å². The Bertz CT molecular complexity index is 749. The van der Waals surface area contributed by atoms with Gasteiger partial charge in [-0.3, -0.25) is 0 Å². The molecule has 22 heavy (non-hydrogen) atoms. The number of halogens is 1. The van der Waals surface area contributed by atoms with E-state index in [1.54, 1.807) is 12.1 Å². The van der Waals surface area contributed by atoms with Crippen LogP contribution in [0.4, 0.5) is 0 Å². The molecule has 2 N–H and O–H groups in total. The number of rotatable bonds is 3. The molecule has 0 aromatic heterocycles. The average molecular weight is 341 g/mol. The third kappa shape index (κ3) is 3.79. The molecule has 2 aromatic carbocycles. The molecular weight excluding hydrogens is 320 g/mol. The Morgan fingerprint density at radius 2 is 1.86 bits per heavy atom. The van der Waals surface area contributed by atoms with E-state index < -0.39 is 10.0 Å². The molecule has 6 heteroatoms. The molecule has 0 saturated carbocycles. The summed E-state index contributed by atoms with van der Waals surface area (Å²) in [7, 11) is -3.45. The summed E-state index contributed by atoms with van der Waals surface area (Å²) < 4.78 is 27.9. The van der Waals surface area contributed by atoms with Crippen molar-refractivity contribution >= 4 is 33.2 Å². The Hall–Kier alpha value is -1.14. The van der Waals surface area contributed by atoms with Gasteiger partial charge in [-0.25, -0.2) is 13.1 Å². The van der Waals surface area contributed by atoms with Crippen molar-refractivity contribution < 1.29 is 8.42 Å².